The zero-order valence-corrected chi connectivity index (χ0v) is 14.1. The van der Waals surface area contributed by atoms with Crippen molar-refractivity contribution in [3.63, 3.8) is 0 Å². The first-order chi connectivity index (χ1) is 12.4. The highest BCUT2D eigenvalue weighted by atomic mass is 19.4. The summed E-state index contributed by atoms with van der Waals surface area (Å²) in [6.45, 7) is 2.10. The molecule has 1 amide bonds. The molecule has 0 spiro atoms. The van der Waals surface area contributed by atoms with Gasteiger partial charge in [-0.05, 0) is 24.1 Å². The van der Waals surface area contributed by atoms with Crippen LogP contribution in [0.3, 0.4) is 0 Å². The summed E-state index contributed by atoms with van der Waals surface area (Å²) in [6, 6.07) is 7.24. The van der Waals surface area contributed by atoms with Gasteiger partial charge in [-0.2, -0.15) is 18.3 Å². The monoisotopic (exact) mass is 364 g/mol. The van der Waals surface area contributed by atoms with Crippen molar-refractivity contribution in [2.24, 2.45) is 0 Å². The number of hydrogen-bond acceptors (Lipinski definition) is 3. The number of aromatic nitrogens is 2. The first kappa shape index (κ1) is 17.1. The van der Waals surface area contributed by atoms with E-state index in [1.807, 2.05) is 12.1 Å². The molecule has 5 nitrogen and oxygen atoms in total. The van der Waals surface area contributed by atoms with Gasteiger partial charge >= 0.3 is 6.18 Å². The summed E-state index contributed by atoms with van der Waals surface area (Å²) in [5, 5.41) is 6.85. The van der Waals surface area contributed by atoms with Crippen molar-refractivity contribution in [3.8, 4) is 5.69 Å². The van der Waals surface area contributed by atoms with Gasteiger partial charge in [0.2, 0.25) is 5.91 Å². The smallest absolute Gasteiger partial charge is 0.338 e. The van der Waals surface area contributed by atoms with Crippen molar-refractivity contribution in [3.05, 3.63) is 46.8 Å². The van der Waals surface area contributed by atoms with Gasteiger partial charge in [-0.1, -0.05) is 12.1 Å². The van der Waals surface area contributed by atoms with Gasteiger partial charge in [0.05, 0.1) is 11.4 Å². The number of rotatable bonds is 3. The molecule has 0 saturated carbocycles. The molecule has 138 valence electrons. The summed E-state index contributed by atoms with van der Waals surface area (Å²) in [5.41, 5.74) is 1.60. The molecule has 1 aromatic heterocycles. The normalized spacial score (nSPS) is 17.7. The second kappa shape index (κ2) is 6.42. The number of likely N-dealkylation sites (tertiary alicyclic amines) is 1. The van der Waals surface area contributed by atoms with Crippen molar-refractivity contribution in [2.75, 3.05) is 13.1 Å². The lowest BCUT2D eigenvalue weighted by Gasteiger charge is -2.17. The quantitative estimate of drug-likeness (QED) is 0.911. The van der Waals surface area contributed by atoms with E-state index < -0.39 is 11.9 Å². The second-order valence-corrected chi connectivity index (χ2v) is 6.70. The molecule has 1 fully saturated rings. The molecule has 0 unspecified atom stereocenters. The van der Waals surface area contributed by atoms with Gasteiger partial charge in [0, 0.05) is 44.6 Å². The van der Waals surface area contributed by atoms with Crippen LogP contribution in [0.4, 0.5) is 13.2 Å². The number of amides is 1. The Labute approximate surface area is 148 Å². The van der Waals surface area contributed by atoms with E-state index in [2.05, 4.69) is 10.4 Å². The highest BCUT2D eigenvalue weighted by Gasteiger charge is 2.39. The molecule has 4 rings (SSSR count). The standard InChI is InChI=1S/C18H19F3N4O/c19-18(20,21)17-14-10-22-8-7-15(14)25(23-17)13-5-3-12(4-6-13)11-24-9-1-2-16(24)26/h3-6,22H,1-2,7-11H2. The Hall–Kier alpha value is -2.35. The minimum absolute atomic E-state index is 0.151. The summed E-state index contributed by atoms with van der Waals surface area (Å²) < 4.78 is 41.3. The topological polar surface area (TPSA) is 50.2 Å². The summed E-state index contributed by atoms with van der Waals surface area (Å²) in [7, 11) is 0. The number of carbonyl (C=O) groups is 1. The Kier molecular flexibility index (Phi) is 4.22. The third-order valence-electron chi connectivity index (χ3n) is 4.92. The van der Waals surface area contributed by atoms with E-state index in [9.17, 15) is 18.0 Å². The molecule has 0 bridgehead atoms. The number of alkyl halides is 3. The van der Waals surface area contributed by atoms with E-state index in [0.29, 0.717) is 37.3 Å². The van der Waals surface area contributed by atoms with Crippen LogP contribution in [-0.4, -0.2) is 33.7 Å². The number of benzene rings is 1. The molecule has 2 aromatic rings. The lowest BCUT2D eigenvalue weighted by atomic mass is 10.1. The molecule has 8 heteroatoms. The number of fused-ring (bicyclic) bond motifs is 1. The maximum Gasteiger partial charge on any atom is 0.435 e. The van der Waals surface area contributed by atoms with Crippen LogP contribution in [-0.2, 0) is 30.5 Å². The molecule has 0 atom stereocenters. The molecule has 3 heterocycles. The second-order valence-electron chi connectivity index (χ2n) is 6.70. The van der Waals surface area contributed by atoms with Gasteiger partial charge in [-0.3, -0.25) is 4.79 Å². The van der Waals surface area contributed by atoms with Gasteiger partial charge < -0.3 is 10.2 Å². The minimum atomic E-state index is -4.47. The van der Waals surface area contributed by atoms with Crippen molar-refractivity contribution in [1.82, 2.24) is 20.0 Å². The average molecular weight is 364 g/mol. The number of nitrogens with one attached hydrogen (secondary N) is 1. The zero-order chi connectivity index (χ0) is 18.3. The lowest BCUT2D eigenvalue weighted by Crippen LogP contribution is -2.26. The van der Waals surface area contributed by atoms with E-state index in [4.69, 9.17) is 0 Å². The van der Waals surface area contributed by atoms with E-state index in [0.717, 1.165) is 18.5 Å². The molecule has 0 aliphatic carbocycles. The summed E-state index contributed by atoms with van der Waals surface area (Å²) in [5.74, 6) is 0.151. The third kappa shape index (κ3) is 3.09. The molecule has 1 saturated heterocycles. The lowest BCUT2D eigenvalue weighted by molar-refractivity contribution is -0.142. The minimum Gasteiger partial charge on any atom is -0.338 e. The SMILES string of the molecule is O=C1CCCN1Cc1ccc(-n2nc(C(F)(F)F)c3c2CCNC3)cc1. The van der Waals surface area contributed by atoms with Gasteiger partial charge in [-0.25, -0.2) is 4.68 Å². The van der Waals surface area contributed by atoms with Gasteiger partial charge in [-0.15, -0.1) is 0 Å². The van der Waals surface area contributed by atoms with E-state index in [-0.39, 0.29) is 18.0 Å². The largest absolute Gasteiger partial charge is 0.435 e. The maximum absolute atomic E-state index is 13.3. The molecule has 1 N–H and O–H groups in total. The van der Waals surface area contributed by atoms with Crippen LogP contribution in [0.2, 0.25) is 0 Å². The van der Waals surface area contributed by atoms with Gasteiger partial charge in [0.1, 0.15) is 0 Å². The Morgan fingerprint density at radius 1 is 1.15 bits per heavy atom. The summed E-state index contributed by atoms with van der Waals surface area (Å²) >= 11 is 0. The molecular formula is C18H19F3N4O. The third-order valence-corrected chi connectivity index (χ3v) is 4.92. The number of hydrogen-bond donors (Lipinski definition) is 1. The Morgan fingerprint density at radius 3 is 2.58 bits per heavy atom. The fraction of sp³-hybridized carbons (Fsp3) is 0.444. The highest BCUT2D eigenvalue weighted by Crippen LogP contribution is 2.34. The Bertz CT molecular complexity index is 826. The van der Waals surface area contributed by atoms with E-state index in [1.54, 1.807) is 17.0 Å². The first-order valence-corrected chi connectivity index (χ1v) is 8.69. The van der Waals surface area contributed by atoms with E-state index in [1.165, 1.54) is 4.68 Å². The summed E-state index contributed by atoms with van der Waals surface area (Å²) in [6.07, 6.45) is -2.50. The Balaban J connectivity index is 1.63. The molecule has 2 aliphatic rings. The Morgan fingerprint density at radius 2 is 1.92 bits per heavy atom. The number of halogens is 3. The van der Waals surface area contributed by atoms with Gasteiger partial charge in [0.15, 0.2) is 5.69 Å². The van der Waals surface area contributed by atoms with Crippen LogP contribution < -0.4 is 5.32 Å². The fourth-order valence-corrected chi connectivity index (χ4v) is 3.62. The fourth-order valence-electron chi connectivity index (χ4n) is 3.62. The molecular weight excluding hydrogens is 345 g/mol. The number of nitrogens with zero attached hydrogens (tertiary/aromatic N) is 3. The number of carbonyl (C=O) groups excluding carboxylic acids is 1. The average Bonchev–Trinajstić information content (AvgIpc) is 3.19. The van der Waals surface area contributed by atoms with Gasteiger partial charge in [0.25, 0.3) is 0 Å². The van der Waals surface area contributed by atoms with Crippen molar-refractivity contribution in [1.29, 1.82) is 0 Å². The van der Waals surface area contributed by atoms with E-state index >= 15 is 0 Å². The molecule has 0 radical (unpaired) electrons. The van der Waals surface area contributed by atoms with Crippen LogP contribution in [0.25, 0.3) is 5.69 Å². The molecule has 26 heavy (non-hydrogen) atoms. The first-order valence-electron chi connectivity index (χ1n) is 8.69. The highest BCUT2D eigenvalue weighted by molar-refractivity contribution is 5.78. The van der Waals surface area contributed by atoms with Crippen molar-refractivity contribution < 1.29 is 18.0 Å². The van der Waals surface area contributed by atoms with Crippen LogP contribution in [0.5, 0.6) is 0 Å². The van der Waals surface area contributed by atoms with Crippen molar-refractivity contribution >= 4 is 5.91 Å². The predicted octanol–water partition coefficient (Wildman–Crippen LogP) is 2.66. The van der Waals surface area contributed by atoms with Crippen LogP contribution in [0, 0.1) is 0 Å². The van der Waals surface area contributed by atoms with Crippen LogP contribution >= 0.6 is 0 Å². The maximum atomic E-state index is 13.3. The van der Waals surface area contributed by atoms with Crippen LogP contribution in [0.1, 0.15) is 35.4 Å². The van der Waals surface area contributed by atoms with Crippen molar-refractivity contribution in [2.45, 2.75) is 38.5 Å². The van der Waals surface area contributed by atoms with Crippen LogP contribution in [0.15, 0.2) is 24.3 Å². The predicted molar refractivity (Wildman–Crippen MR) is 88.6 cm³/mol. The molecule has 2 aliphatic heterocycles. The molecule has 1 aromatic carbocycles. The zero-order valence-electron chi connectivity index (χ0n) is 14.1. The summed E-state index contributed by atoms with van der Waals surface area (Å²) in [4.78, 5) is 13.5.